The molecule has 6 nitrogen and oxygen atoms in total. The number of ketones is 2. The first kappa shape index (κ1) is 18.0. The Morgan fingerprint density at radius 3 is 2.47 bits per heavy atom. The normalized spacial score (nSPS) is 12.6. The van der Waals surface area contributed by atoms with Crippen LogP contribution in [-0.2, 0) is 11.2 Å². The number of nitrogens with one attached hydrogen (secondary N) is 1. The van der Waals surface area contributed by atoms with Gasteiger partial charge in [0.05, 0.1) is 17.7 Å². The van der Waals surface area contributed by atoms with Crippen molar-refractivity contribution < 1.29 is 18.9 Å². The van der Waals surface area contributed by atoms with E-state index >= 15 is 0 Å². The first-order chi connectivity index (χ1) is 14.5. The molecule has 0 aliphatic heterocycles. The van der Waals surface area contributed by atoms with Gasteiger partial charge in [-0.3, -0.25) is 14.4 Å². The lowest BCUT2D eigenvalue weighted by molar-refractivity contribution is -0.115. The first-order valence-electron chi connectivity index (χ1n) is 9.49. The van der Waals surface area contributed by atoms with Gasteiger partial charge in [-0.25, -0.2) is 0 Å². The Bertz CT molecular complexity index is 1370. The average molecular weight is 396 g/mol. The molecule has 1 amide bonds. The highest BCUT2D eigenvalue weighted by Crippen LogP contribution is 2.32. The Labute approximate surface area is 171 Å². The second kappa shape index (κ2) is 6.77. The number of anilines is 1. The van der Waals surface area contributed by atoms with Crippen molar-refractivity contribution in [2.75, 3.05) is 5.32 Å². The Balaban J connectivity index is 1.47. The molecule has 3 aromatic carbocycles. The number of fused-ring (bicyclic) bond motifs is 3. The number of hydrogen-bond acceptors (Lipinski definition) is 5. The highest BCUT2D eigenvalue weighted by molar-refractivity contribution is 6.30. The van der Waals surface area contributed by atoms with Crippen molar-refractivity contribution in [3.63, 3.8) is 0 Å². The third-order valence-corrected chi connectivity index (χ3v) is 5.25. The summed E-state index contributed by atoms with van der Waals surface area (Å²) in [4.78, 5) is 38.6. The highest BCUT2D eigenvalue weighted by atomic mass is 16.5. The number of carbonyl (C=O) groups excluding carboxylic acids is 3. The molecule has 4 aromatic rings. The molecule has 0 spiro atoms. The number of nitrogens with zero attached hydrogens (tertiary/aromatic N) is 1. The van der Waals surface area contributed by atoms with E-state index in [1.807, 2.05) is 25.1 Å². The first-order valence-corrected chi connectivity index (χ1v) is 9.49. The smallest absolute Gasteiger partial charge is 0.230 e. The van der Waals surface area contributed by atoms with Crippen LogP contribution in [0.1, 0.15) is 43.1 Å². The number of hydrogen-bond donors (Lipinski definition) is 1. The van der Waals surface area contributed by atoms with Crippen molar-refractivity contribution in [3.05, 3.63) is 94.2 Å². The van der Waals surface area contributed by atoms with Crippen LogP contribution in [0.5, 0.6) is 0 Å². The number of benzene rings is 3. The number of amides is 1. The molecule has 30 heavy (non-hydrogen) atoms. The topological polar surface area (TPSA) is 89.3 Å². The van der Waals surface area contributed by atoms with Crippen molar-refractivity contribution in [1.82, 2.24) is 5.16 Å². The predicted octanol–water partition coefficient (Wildman–Crippen LogP) is 4.09. The van der Waals surface area contributed by atoms with Gasteiger partial charge in [0, 0.05) is 22.1 Å². The van der Waals surface area contributed by atoms with E-state index in [-0.39, 0.29) is 29.5 Å². The molecule has 1 aliphatic rings. The zero-order valence-corrected chi connectivity index (χ0v) is 16.1. The van der Waals surface area contributed by atoms with Gasteiger partial charge in [0.25, 0.3) is 0 Å². The van der Waals surface area contributed by atoms with Gasteiger partial charge in [-0.05, 0) is 25.1 Å². The molecule has 0 atom stereocenters. The Morgan fingerprint density at radius 1 is 0.933 bits per heavy atom. The fraction of sp³-hybridized carbons (Fsp3) is 0.0833. The maximum Gasteiger partial charge on any atom is 0.230 e. The molecule has 0 radical (unpaired) electrons. The molecule has 0 saturated heterocycles. The Kier molecular flexibility index (Phi) is 4.06. The van der Waals surface area contributed by atoms with Crippen molar-refractivity contribution in [3.8, 4) is 0 Å². The van der Waals surface area contributed by atoms with Crippen molar-refractivity contribution in [1.29, 1.82) is 0 Å². The maximum atomic E-state index is 13.1. The van der Waals surface area contributed by atoms with Gasteiger partial charge in [-0.1, -0.05) is 53.2 Å². The Hall–Kier alpha value is -4.06. The fourth-order valence-electron chi connectivity index (χ4n) is 3.83. The second-order valence-electron chi connectivity index (χ2n) is 7.29. The fourth-order valence-corrected chi connectivity index (χ4v) is 3.83. The molecular weight excluding hydrogens is 380 g/mol. The van der Waals surface area contributed by atoms with Crippen molar-refractivity contribution in [2.24, 2.45) is 0 Å². The molecule has 0 fully saturated rings. The van der Waals surface area contributed by atoms with Crippen molar-refractivity contribution in [2.45, 2.75) is 13.3 Å². The molecule has 6 heteroatoms. The molecule has 1 aliphatic carbocycles. The molecule has 146 valence electrons. The van der Waals surface area contributed by atoms with Crippen LogP contribution < -0.4 is 5.32 Å². The number of aromatic nitrogens is 1. The molecule has 1 aromatic heterocycles. The standard InChI is InChI=1S/C24H16N2O4/c1-13-9-10-20-17(11-13)19(26-30-20)12-21(27)25-18-8-4-7-16-22(18)24(29)15-6-3-2-5-14(15)23(16)28/h2-11H,12H2,1H3,(H,25,27). The van der Waals surface area contributed by atoms with Crippen LogP contribution in [0.3, 0.4) is 0 Å². The number of rotatable bonds is 3. The Morgan fingerprint density at radius 2 is 1.67 bits per heavy atom. The van der Waals surface area contributed by atoms with E-state index in [1.54, 1.807) is 42.5 Å². The summed E-state index contributed by atoms with van der Waals surface area (Å²) in [6.45, 7) is 1.95. The lowest BCUT2D eigenvalue weighted by atomic mass is 9.83. The van der Waals surface area contributed by atoms with Gasteiger partial charge in [0.1, 0.15) is 5.69 Å². The summed E-state index contributed by atoms with van der Waals surface area (Å²) in [6, 6.07) is 17.2. The quantitative estimate of drug-likeness (QED) is 0.496. The van der Waals surface area contributed by atoms with Gasteiger partial charge >= 0.3 is 0 Å². The van der Waals surface area contributed by atoms with E-state index in [2.05, 4.69) is 10.5 Å². The van der Waals surface area contributed by atoms with Crippen LogP contribution in [-0.4, -0.2) is 22.6 Å². The minimum Gasteiger partial charge on any atom is -0.356 e. The summed E-state index contributed by atoms with van der Waals surface area (Å²) < 4.78 is 5.29. The molecule has 1 heterocycles. The summed E-state index contributed by atoms with van der Waals surface area (Å²) in [5.41, 5.74) is 3.70. The van der Waals surface area contributed by atoms with E-state index < -0.39 is 0 Å². The van der Waals surface area contributed by atoms with Gasteiger partial charge < -0.3 is 9.84 Å². The number of aryl methyl sites for hydroxylation is 1. The summed E-state index contributed by atoms with van der Waals surface area (Å²) in [6.07, 6.45) is -0.0150. The molecule has 0 saturated carbocycles. The molecule has 0 unspecified atom stereocenters. The lowest BCUT2D eigenvalue weighted by Crippen LogP contribution is -2.24. The van der Waals surface area contributed by atoms with Gasteiger partial charge in [0.15, 0.2) is 17.1 Å². The number of carbonyl (C=O) groups is 3. The van der Waals surface area contributed by atoms with Crippen LogP contribution in [0.2, 0.25) is 0 Å². The summed E-state index contributed by atoms with van der Waals surface area (Å²) in [7, 11) is 0. The third kappa shape index (κ3) is 2.81. The van der Waals surface area contributed by atoms with Crippen molar-refractivity contribution >= 4 is 34.1 Å². The van der Waals surface area contributed by atoms with Crippen LogP contribution >= 0.6 is 0 Å². The highest BCUT2D eigenvalue weighted by Gasteiger charge is 2.31. The minimum atomic E-state index is -0.348. The molecular formula is C24H16N2O4. The monoisotopic (exact) mass is 396 g/mol. The van der Waals surface area contributed by atoms with Crippen LogP contribution in [0.25, 0.3) is 11.0 Å². The largest absolute Gasteiger partial charge is 0.356 e. The summed E-state index contributed by atoms with van der Waals surface area (Å²) in [5.74, 6) is -0.855. The molecule has 5 rings (SSSR count). The van der Waals surface area contributed by atoms with Crippen LogP contribution in [0.4, 0.5) is 5.69 Å². The van der Waals surface area contributed by atoms with Crippen LogP contribution in [0.15, 0.2) is 65.2 Å². The summed E-state index contributed by atoms with van der Waals surface area (Å²) >= 11 is 0. The van der Waals surface area contributed by atoms with Gasteiger partial charge in [-0.2, -0.15) is 0 Å². The molecule has 1 N–H and O–H groups in total. The second-order valence-corrected chi connectivity index (χ2v) is 7.29. The van der Waals surface area contributed by atoms with E-state index in [4.69, 9.17) is 4.52 Å². The lowest BCUT2D eigenvalue weighted by Gasteiger charge is -2.20. The SMILES string of the molecule is Cc1ccc2onc(CC(=O)Nc3cccc4c3C(=O)c3ccccc3C4=O)c2c1. The van der Waals surface area contributed by atoms with Gasteiger partial charge in [0.2, 0.25) is 5.91 Å². The van der Waals surface area contributed by atoms with Crippen LogP contribution in [0, 0.1) is 6.92 Å². The van der Waals surface area contributed by atoms with E-state index in [1.165, 1.54) is 0 Å². The molecule has 0 bridgehead atoms. The van der Waals surface area contributed by atoms with E-state index in [0.29, 0.717) is 33.7 Å². The minimum absolute atomic E-state index is 0.0150. The van der Waals surface area contributed by atoms with Gasteiger partial charge in [-0.15, -0.1) is 0 Å². The zero-order valence-electron chi connectivity index (χ0n) is 16.1. The maximum absolute atomic E-state index is 13.1. The van der Waals surface area contributed by atoms with E-state index in [0.717, 1.165) is 10.9 Å². The average Bonchev–Trinajstić information content (AvgIpc) is 3.13. The van der Waals surface area contributed by atoms with E-state index in [9.17, 15) is 14.4 Å². The predicted molar refractivity (Wildman–Crippen MR) is 111 cm³/mol. The zero-order chi connectivity index (χ0) is 20.8. The third-order valence-electron chi connectivity index (χ3n) is 5.25. The summed E-state index contributed by atoms with van der Waals surface area (Å²) in [5, 5.41) is 7.56.